The van der Waals surface area contributed by atoms with E-state index in [4.69, 9.17) is 75.3 Å². The van der Waals surface area contributed by atoms with Crippen LogP contribution in [0.25, 0.3) is 21.6 Å². The second-order valence-electron chi connectivity index (χ2n) is 9.36. The van der Waals surface area contributed by atoms with E-state index in [1.165, 1.54) is 11.1 Å². The molecular formula is C35H32Cl6N2O2OsS. The maximum atomic E-state index is 12.8. The topological polar surface area (TPSA) is 72.0 Å². The van der Waals surface area contributed by atoms with Crippen LogP contribution in [0.15, 0.2) is 150 Å². The number of alkyl halides is 6. The van der Waals surface area contributed by atoms with Crippen LogP contribution in [0.1, 0.15) is 28.8 Å². The summed E-state index contributed by atoms with van der Waals surface area (Å²) in [6.07, 6.45) is 0. The number of aryl methyl sites for hydroxylation is 1. The summed E-state index contributed by atoms with van der Waals surface area (Å²) in [5.74, 6) is 0. The standard InChI is InChI=1S/C21H20N2O2S.C12H10.2CHCl3.Os/c1-16-12-14-19(15-13-16)26(24,25)23-21(18-10-6-3-7-11-18)20(22)17-8-4-2-5-9-17;1-3-7-11(8-4-1)12-9-5-2-6-10-12;2*2-1(3)4;/h2-15,20-22H,1H3;1-10H;2*1H;/q-2;;;;+2/t20-,21-;;;;/m1..../s1. The summed E-state index contributed by atoms with van der Waals surface area (Å²) in [4.78, 5) is 0.143. The molecule has 0 radical (unpaired) electrons. The first-order valence-electron chi connectivity index (χ1n) is 13.7. The summed E-state index contributed by atoms with van der Waals surface area (Å²) >= 11 is 28.8. The van der Waals surface area contributed by atoms with Crippen molar-refractivity contribution in [3.63, 3.8) is 0 Å². The molecule has 0 aliphatic carbocycles. The number of benzene rings is 5. The molecule has 2 atom stereocenters. The van der Waals surface area contributed by atoms with E-state index in [1.807, 2.05) is 79.7 Å². The smallest absolute Gasteiger partial charge is 0.672 e. The Kier molecular flexibility index (Phi) is 21.8. The summed E-state index contributed by atoms with van der Waals surface area (Å²) in [6.45, 7) is 1.90. The minimum Gasteiger partial charge on any atom is -0.672 e. The molecule has 5 rings (SSSR count). The molecule has 47 heavy (non-hydrogen) atoms. The molecule has 5 aromatic rings. The molecule has 1 N–H and O–H groups in total. The fourth-order valence-electron chi connectivity index (χ4n) is 3.99. The Balaban J connectivity index is 0.000000433. The fraction of sp³-hybridized carbons (Fsp3) is 0.143. The van der Waals surface area contributed by atoms with Gasteiger partial charge >= 0.3 is 19.8 Å². The second-order valence-corrected chi connectivity index (χ2v) is 15.0. The van der Waals surface area contributed by atoms with Gasteiger partial charge in [0.05, 0.1) is 0 Å². The van der Waals surface area contributed by atoms with E-state index in [0.29, 0.717) is 5.56 Å². The second kappa shape index (κ2) is 23.7. The average molecular weight is 948 g/mol. The Bertz CT molecular complexity index is 1570. The zero-order chi connectivity index (χ0) is 34.0. The Hall–Kier alpha value is -1.65. The van der Waals surface area contributed by atoms with Gasteiger partial charge in [0.15, 0.2) is 8.59 Å². The van der Waals surface area contributed by atoms with Crippen LogP contribution in [0.4, 0.5) is 0 Å². The minimum absolute atomic E-state index is 0. The van der Waals surface area contributed by atoms with Crippen LogP contribution < -0.4 is 0 Å². The number of rotatable bonds is 7. The molecule has 4 nitrogen and oxygen atoms in total. The zero-order valence-electron chi connectivity index (χ0n) is 25.0. The van der Waals surface area contributed by atoms with Gasteiger partial charge in [-0.05, 0) is 30.2 Å². The van der Waals surface area contributed by atoms with Gasteiger partial charge in [0.1, 0.15) is 10.0 Å². The van der Waals surface area contributed by atoms with Gasteiger partial charge in [0.2, 0.25) is 0 Å². The first-order valence-corrected chi connectivity index (χ1v) is 17.8. The molecular weight excluding hydrogens is 915 g/mol. The van der Waals surface area contributed by atoms with Crippen LogP contribution in [0, 0.1) is 6.92 Å². The number of halogens is 6. The van der Waals surface area contributed by atoms with Crippen molar-refractivity contribution in [2.75, 3.05) is 0 Å². The number of nitrogens with one attached hydrogen (secondary N) is 1. The molecule has 0 heterocycles. The van der Waals surface area contributed by atoms with Crippen molar-refractivity contribution in [1.82, 2.24) is 0 Å². The summed E-state index contributed by atoms with van der Waals surface area (Å²) in [5.41, 5.74) is 13.6. The number of hydrogen-bond acceptors (Lipinski definition) is 2. The maximum absolute atomic E-state index is 12.8. The van der Waals surface area contributed by atoms with Gasteiger partial charge in [-0.25, -0.2) is 8.42 Å². The van der Waals surface area contributed by atoms with Gasteiger partial charge in [-0.3, -0.25) is 0 Å². The van der Waals surface area contributed by atoms with Crippen molar-refractivity contribution < 1.29 is 28.2 Å². The van der Waals surface area contributed by atoms with Crippen LogP contribution in [-0.2, 0) is 29.8 Å². The van der Waals surface area contributed by atoms with E-state index >= 15 is 0 Å². The van der Waals surface area contributed by atoms with Gasteiger partial charge in [0.25, 0.3) is 0 Å². The number of sulfonamides is 1. The predicted molar refractivity (Wildman–Crippen MR) is 199 cm³/mol. The minimum atomic E-state index is -3.87. The first-order chi connectivity index (χ1) is 21.9. The van der Waals surface area contributed by atoms with E-state index in [2.05, 4.69) is 53.3 Å². The molecule has 0 saturated heterocycles. The van der Waals surface area contributed by atoms with E-state index in [0.717, 1.165) is 11.1 Å². The molecule has 0 bridgehead atoms. The SMILES string of the molecule is Cc1ccc(S(=O)(=O)[N-][C@H](c2ccccc2)[C@H]([NH-])c2ccccc2)cc1.ClC(Cl)Cl.ClC(Cl)Cl.[Os+2].c1ccc(-c2ccccc2)cc1. The fourth-order valence-corrected chi connectivity index (χ4v) is 5.13. The van der Waals surface area contributed by atoms with Crippen molar-refractivity contribution in [2.24, 2.45) is 0 Å². The van der Waals surface area contributed by atoms with Crippen LogP contribution in [-0.4, -0.2) is 17.0 Å². The molecule has 0 spiro atoms. The molecule has 0 amide bonds. The molecule has 0 unspecified atom stereocenters. The van der Waals surface area contributed by atoms with Crippen LogP contribution in [0.5, 0.6) is 0 Å². The number of nitrogens with zero attached hydrogens (tertiary/aromatic N) is 1. The van der Waals surface area contributed by atoms with Crippen molar-refractivity contribution in [3.8, 4) is 11.1 Å². The first kappa shape index (κ1) is 43.4. The predicted octanol–water partition coefficient (Wildman–Crippen LogP) is 12.9. The summed E-state index contributed by atoms with van der Waals surface area (Å²) in [5, 5.41) is 0. The molecule has 12 heteroatoms. The normalized spacial score (nSPS) is 11.7. The van der Waals surface area contributed by atoms with E-state index in [1.54, 1.807) is 24.3 Å². The molecule has 250 valence electrons. The van der Waals surface area contributed by atoms with Crippen molar-refractivity contribution >= 4 is 79.6 Å². The van der Waals surface area contributed by atoms with Crippen molar-refractivity contribution in [3.05, 3.63) is 173 Å². The van der Waals surface area contributed by atoms with Gasteiger partial charge in [-0.2, -0.15) is 0 Å². The van der Waals surface area contributed by atoms with Gasteiger partial charge in [0, 0.05) is 4.90 Å². The summed E-state index contributed by atoms with van der Waals surface area (Å²) < 4.78 is 28.3. The third kappa shape index (κ3) is 17.5. The Morgan fingerprint density at radius 1 is 0.532 bits per heavy atom. The van der Waals surface area contributed by atoms with Crippen LogP contribution >= 0.6 is 69.6 Å². The molecule has 0 aliphatic rings. The van der Waals surface area contributed by atoms with Crippen molar-refractivity contribution in [2.45, 2.75) is 32.5 Å². The zero-order valence-corrected chi connectivity index (χ0v) is 32.9. The van der Waals surface area contributed by atoms with Gasteiger partial charge in [-0.15, -0.1) is 12.1 Å². The monoisotopic (exact) mass is 946 g/mol. The van der Waals surface area contributed by atoms with Gasteiger partial charge in [-0.1, -0.05) is 220 Å². The quantitative estimate of drug-likeness (QED) is 0.153. The van der Waals surface area contributed by atoms with Crippen molar-refractivity contribution in [1.29, 1.82) is 0 Å². The molecule has 0 saturated carbocycles. The third-order valence-corrected chi connectivity index (χ3v) is 7.44. The molecule has 0 aromatic heterocycles. The summed E-state index contributed by atoms with van der Waals surface area (Å²) in [6, 6.07) is 44.1. The average Bonchev–Trinajstić information content (AvgIpc) is 3.05. The summed E-state index contributed by atoms with van der Waals surface area (Å²) in [7, 11) is -3.87. The number of hydrogen-bond donors (Lipinski definition) is 0. The van der Waals surface area contributed by atoms with E-state index < -0.39 is 30.7 Å². The van der Waals surface area contributed by atoms with E-state index in [-0.39, 0.29) is 24.7 Å². The van der Waals surface area contributed by atoms with Gasteiger partial charge < -0.3 is 10.5 Å². The molecule has 5 aromatic carbocycles. The Morgan fingerprint density at radius 3 is 1.21 bits per heavy atom. The third-order valence-electron chi connectivity index (χ3n) is 6.07. The van der Waals surface area contributed by atoms with E-state index in [9.17, 15) is 8.42 Å². The van der Waals surface area contributed by atoms with Crippen LogP contribution in [0.3, 0.4) is 0 Å². The Labute approximate surface area is 321 Å². The maximum Gasteiger partial charge on any atom is 2.00 e. The molecule has 0 fully saturated rings. The molecule has 0 aliphatic heterocycles. The van der Waals surface area contributed by atoms with Crippen LogP contribution in [0.2, 0.25) is 0 Å². The largest absolute Gasteiger partial charge is 2.00 e. The Morgan fingerprint density at radius 2 is 0.851 bits per heavy atom.